The summed E-state index contributed by atoms with van der Waals surface area (Å²) in [6.45, 7) is -0.406. The van der Waals surface area contributed by atoms with Gasteiger partial charge in [0.05, 0.1) is 28.3 Å². The lowest BCUT2D eigenvalue weighted by Gasteiger charge is -2.05. The van der Waals surface area contributed by atoms with Gasteiger partial charge in [0.25, 0.3) is 5.69 Å². The Kier molecular flexibility index (Phi) is 2.88. The van der Waals surface area contributed by atoms with E-state index in [0.717, 1.165) is 11.0 Å². The molecule has 0 atom stereocenters. The second-order valence-electron chi connectivity index (χ2n) is 4.22. The number of nitrogens with zero attached hydrogens (tertiary/aromatic N) is 4. The Morgan fingerprint density at radius 1 is 1.25 bits per heavy atom. The normalized spacial score (nSPS) is 10.8. The van der Waals surface area contributed by atoms with Gasteiger partial charge in [0.1, 0.15) is 5.52 Å². The van der Waals surface area contributed by atoms with E-state index in [1.807, 2.05) is 24.3 Å². The second-order valence-corrected chi connectivity index (χ2v) is 4.22. The number of fused-ring (bicyclic) bond motifs is 1. The van der Waals surface area contributed by atoms with Crippen molar-refractivity contribution in [3.05, 3.63) is 58.1 Å². The molecule has 20 heavy (non-hydrogen) atoms. The Balaban J connectivity index is 2.17. The first-order chi connectivity index (χ1) is 9.70. The highest BCUT2D eigenvalue weighted by Crippen LogP contribution is 2.23. The molecular weight excluding hydrogens is 260 g/mol. The third-order valence-corrected chi connectivity index (χ3v) is 3.03. The molecule has 0 unspecified atom stereocenters. The van der Waals surface area contributed by atoms with E-state index in [0.29, 0.717) is 5.69 Å². The fourth-order valence-electron chi connectivity index (χ4n) is 2.07. The molecule has 0 aliphatic rings. The molecule has 7 heteroatoms. The van der Waals surface area contributed by atoms with Gasteiger partial charge in [0.15, 0.2) is 0 Å². The van der Waals surface area contributed by atoms with Crippen LogP contribution < -0.4 is 0 Å². The van der Waals surface area contributed by atoms with Gasteiger partial charge in [0, 0.05) is 6.07 Å². The Hall–Kier alpha value is -2.80. The molecular formula is C13H10N4O3. The molecule has 0 saturated carbocycles. The van der Waals surface area contributed by atoms with Crippen LogP contribution >= 0.6 is 0 Å². The highest BCUT2D eigenvalue weighted by Gasteiger charge is 2.15. The number of rotatable bonds is 3. The minimum absolute atomic E-state index is 0.110. The summed E-state index contributed by atoms with van der Waals surface area (Å²) in [4.78, 5) is 10.3. The fourth-order valence-corrected chi connectivity index (χ4v) is 2.07. The number of hydrogen-bond donors (Lipinski definition) is 1. The van der Waals surface area contributed by atoms with Crippen molar-refractivity contribution in [1.82, 2.24) is 15.0 Å². The summed E-state index contributed by atoms with van der Waals surface area (Å²) >= 11 is 0. The Morgan fingerprint density at radius 3 is 2.80 bits per heavy atom. The van der Waals surface area contributed by atoms with E-state index in [2.05, 4.69) is 10.3 Å². The molecule has 0 amide bonds. The van der Waals surface area contributed by atoms with Crippen LogP contribution in [-0.2, 0) is 6.61 Å². The van der Waals surface area contributed by atoms with Crippen LogP contribution in [0.2, 0.25) is 0 Å². The van der Waals surface area contributed by atoms with Gasteiger partial charge in [-0.1, -0.05) is 17.3 Å². The number of hydrogen-bond acceptors (Lipinski definition) is 5. The molecule has 0 bridgehead atoms. The molecule has 0 aliphatic carbocycles. The summed E-state index contributed by atoms with van der Waals surface area (Å²) in [6, 6.07) is 11.9. The standard InChI is InChI=1S/C13H10N4O3/c18-8-9-7-10(5-6-12(9)17(19)20)16-13-4-2-1-3-11(13)14-15-16/h1-7,18H,8H2. The number of nitro benzene ring substituents is 1. The van der Waals surface area contributed by atoms with Crippen LogP contribution in [0.25, 0.3) is 16.7 Å². The van der Waals surface area contributed by atoms with Crippen molar-refractivity contribution in [2.75, 3.05) is 0 Å². The van der Waals surface area contributed by atoms with Crippen molar-refractivity contribution >= 4 is 16.7 Å². The molecule has 0 spiro atoms. The summed E-state index contributed by atoms with van der Waals surface area (Å²) in [5.41, 5.74) is 2.28. The zero-order valence-electron chi connectivity index (χ0n) is 10.3. The second kappa shape index (κ2) is 4.71. The van der Waals surface area contributed by atoms with Gasteiger partial charge in [-0.2, -0.15) is 0 Å². The lowest BCUT2D eigenvalue weighted by molar-refractivity contribution is -0.385. The maximum atomic E-state index is 10.9. The molecule has 3 rings (SSSR count). The molecule has 100 valence electrons. The van der Waals surface area contributed by atoms with Gasteiger partial charge in [-0.3, -0.25) is 10.1 Å². The number of aromatic nitrogens is 3. The third-order valence-electron chi connectivity index (χ3n) is 3.03. The first kappa shape index (κ1) is 12.2. The molecule has 0 saturated heterocycles. The van der Waals surface area contributed by atoms with Gasteiger partial charge in [-0.05, 0) is 24.3 Å². The Labute approximate surface area is 113 Å². The van der Waals surface area contributed by atoms with Crippen LogP contribution in [0.4, 0.5) is 5.69 Å². The largest absolute Gasteiger partial charge is 0.391 e. The van der Waals surface area contributed by atoms with Crippen molar-refractivity contribution in [3.63, 3.8) is 0 Å². The number of benzene rings is 2. The van der Waals surface area contributed by atoms with Gasteiger partial charge in [-0.25, -0.2) is 4.68 Å². The highest BCUT2D eigenvalue weighted by molar-refractivity contribution is 5.76. The van der Waals surface area contributed by atoms with Crippen molar-refractivity contribution in [3.8, 4) is 5.69 Å². The number of para-hydroxylation sites is 1. The maximum absolute atomic E-state index is 10.9. The van der Waals surface area contributed by atoms with E-state index in [9.17, 15) is 15.2 Å². The summed E-state index contributed by atoms with van der Waals surface area (Å²) in [5, 5.41) is 28.2. The lowest BCUT2D eigenvalue weighted by atomic mass is 10.1. The Morgan fingerprint density at radius 2 is 2.05 bits per heavy atom. The van der Waals surface area contributed by atoms with E-state index >= 15 is 0 Å². The minimum atomic E-state index is -0.519. The topological polar surface area (TPSA) is 94.1 Å². The quantitative estimate of drug-likeness (QED) is 0.578. The summed E-state index contributed by atoms with van der Waals surface area (Å²) < 4.78 is 1.58. The smallest absolute Gasteiger partial charge is 0.275 e. The van der Waals surface area contributed by atoms with Crippen molar-refractivity contribution < 1.29 is 10.0 Å². The molecule has 1 heterocycles. The average molecular weight is 270 g/mol. The van der Waals surface area contributed by atoms with E-state index in [-0.39, 0.29) is 11.3 Å². The molecule has 2 aromatic carbocycles. The number of nitro groups is 1. The van der Waals surface area contributed by atoms with Crippen molar-refractivity contribution in [2.45, 2.75) is 6.61 Å². The van der Waals surface area contributed by atoms with Crippen LogP contribution in [0.5, 0.6) is 0 Å². The zero-order chi connectivity index (χ0) is 14.1. The van der Waals surface area contributed by atoms with Crippen LogP contribution in [0.15, 0.2) is 42.5 Å². The SMILES string of the molecule is O=[N+]([O-])c1ccc(-n2nnc3ccccc32)cc1CO. The van der Waals surface area contributed by atoms with Crippen molar-refractivity contribution in [1.29, 1.82) is 0 Å². The predicted octanol–water partition coefficient (Wildman–Crippen LogP) is 1.82. The molecule has 3 aromatic rings. The first-order valence-corrected chi connectivity index (χ1v) is 5.89. The van der Waals surface area contributed by atoms with E-state index in [4.69, 9.17) is 0 Å². The monoisotopic (exact) mass is 270 g/mol. The highest BCUT2D eigenvalue weighted by atomic mass is 16.6. The molecule has 1 N–H and O–H groups in total. The van der Waals surface area contributed by atoms with Crippen LogP contribution in [0.1, 0.15) is 5.56 Å². The minimum Gasteiger partial charge on any atom is -0.391 e. The number of aliphatic hydroxyl groups excluding tert-OH is 1. The zero-order valence-corrected chi connectivity index (χ0v) is 10.3. The average Bonchev–Trinajstić information content (AvgIpc) is 2.90. The van der Waals surface area contributed by atoms with Gasteiger partial charge >= 0.3 is 0 Å². The molecule has 0 radical (unpaired) electrons. The fraction of sp³-hybridized carbons (Fsp3) is 0.0769. The van der Waals surface area contributed by atoms with E-state index < -0.39 is 11.5 Å². The van der Waals surface area contributed by atoms with Gasteiger partial charge in [0.2, 0.25) is 0 Å². The lowest BCUT2D eigenvalue weighted by Crippen LogP contribution is -2.01. The third kappa shape index (κ3) is 1.90. The Bertz CT molecular complexity index is 797. The molecule has 0 aliphatic heterocycles. The molecule has 1 aromatic heterocycles. The predicted molar refractivity (Wildman–Crippen MR) is 71.4 cm³/mol. The van der Waals surface area contributed by atoms with Gasteiger partial charge in [-0.15, -0.1) is 5.10 Å². The summed E-state index contributed by atoms with van der Waals surface area (Å²) in [5.74, 6) is 0. The van der Waals surface area contributed by atoms with Crippen LogP contribution in [-0.4, -0.2) is 25.0 Å². The number of aliphatic hydroxyl groups is 1. The van der Waals surface area contributed by atoms with Crippen molar-refractivity contribution in [2.24, 2.45) is 0 Å². The van der Waals surface area contributed by atoms with Crippen LogP contribution in [0.3, 0.4) is 0 Å². The van der Waals surface area contributed by atoms with Crippen LogP contribution in [0, 0.1) is 10.1 Å². The summed E-state index contributed by atoms with van der Waals surface area (Å²) in [6.07, 6.45) is 0. The van der Waals surface area contributed by atoms with Gasteiger partial charge < -0.3 is 5.11 Å². The first-order valence-electron chi connectivity index (χ1n) is 5.89. The van der Waals surface area contributed by atoms with E-state index in [1.165, 1.54) is 6.07 Å². The maximum Gasteiger partial charge on any atom is 0.275 e. The summed E-state index contributed by atoms with van der Waals surface area (Å²) in [7, 11) is 0. The molecule has 7 nitrogen and oxygen atoms in total. The van der Waals surface area contributed by atoms with E-state index in [1.54, 1.807) is 16.8 Å². The molecule has 0 fully saturated rings.